The number of rotatable bonds is 2. The third kappa shape index (κ3) is 2.47. The van der Waals surface area contributed by atoms with Crippen molar-refractivity contribution in [2.75, 3.05) is 0 Å². The molecule has 1 aromatic carbocycles. The summed E-state index contributed by atoms with van der Waals surface area (Å²) >= 11 is 11.8. The monoisotopic (exact) mass is 328 g/mol. The van der Waals surface area contributed by atoms with Gasteiger partial charge < -0.3 is 4.52 Å². The van der Waals surface area contributed by atoms with Gasteiger partial charge in [-0.3, -0.25) is 0 Å². The standard InChI is InChI=1S/C14H8Cl2F2N2O/c1-6-12-8(13(17)18)5-11(19-14(12)21-20-6)7-2-3-9(15)10(16)4-7/h2-5,13H,1H3. The average molecular weight is 329 g/mol. The first-order chi connectivity index (χ1) is 9.97. The van der Waals surface area contributed by atoms with Crippen molar-refractivity contribution in [3.8, 4) is 11.3 Å². The van der Waals surface area contributed by atoms with Gasteiger partial charge in [0.25, 0.3) is 12.1 Å². The Morgan fingerprint density at radius 3 is 2.57 bits per heavy atom. The van der Waals surface area contributed by atoms with E-state index in [1.165, 1.54) is 6.07 Å². The third-order valence-electron chi connectivity index (χ3n) is 3.10. The smallest absolute Gasteiger partial charge is 0.264 e. The Hall–Kier alpha value is -1.72. The maximum Gasteiger partial charge on any atom is 0.264 e. The number of fused-ring (bicyclic) bond motifs is 1. The van der Waals surface area contributed by atoms with E-state index in [2.05, 4.69) is 10.1 Å². The first-order valence-corrected chi connectivity index (χ1v) is 6.73. The van der Waals surface area contributed by atoms with E-state index < -0.39 is 6.43 Å². The summed E-state index contributed by atoms with van der Waals surface area (Å²) in [6.45, 7) is 1.60. The lowest BCUT2D eigenvalue weighted by molar-refractivity contribution is 0.153. The molecule has 0 spiro atoms. The highest BCUT2D eigenvalue weighted by atomic mass is 35.5. The lowest BCUT2D eigenvalue weighted by Gasteiger charge is -2.06. The highest BCUT2D eigenvalue weighted by Gasteiger charge is 2.20. The van der Waals surface area contributed by atoms with Crippen LogP contribution in [0, 0.1) is 6.92 Å². The Morgan fingerprint density at radius 2 is 1.90 bits per heavy atom. The first kappa shape index (κ1) is 14.2. The van der Waals surface area contributed by atoms with E-state index >= 15 is 0 Å². The third-order valence-corrected chi connectivity index (χ3v) is 3.84. The minimum absolute atomic E-state index is 0.0753. The average Bonchev–Trinajstić information content (AvgIpc) is 2.82. The van der Waals surface area contributed by atoms with Gasteiger partial charge in [0.15, 0.2) is 0 Å². The van der Waals surface area contributed by atoms with E-state index in [9.17, 15) is 8.78 Å². The normalized spacial score (nSPS) is 11.5. The Balaban J connectivity index is 2.26. The zero-order valence-corrected chi connectivity index (χ0v) is 12.2. The van der Waals surface area contributed by atoms with E-state index in [0.29, 0.717) is 27.0 Å². The molecular weight excluding hydrogens is 321 g/mol. The molecule has 3 aromatic rings. The molecule has 7 heteroatoms. The maximum absolute atomic E-state index is 13.2. The summed E-state index contributed by atoms with van der Waals surface area (Å²) in [5.41, 5.74) is 1.19. The predicted octanol–water partition coefficient (Wildman–Crippen LogP) is 5.44. The molecule has 3 nitrogen and oxygen atoms in total. The van der Waals surface area contributed by atoms with Gasteiger partial charge in [-0.15, -0.1) is 0 Å². The fourth-order valence-electron chi connectivity index (χ4n) is 2.10. The number of benzene rings is 1. The Bertz CT molecular complexity index is 833. The van der Waals surface area contributed by atoms with Crippen molar-refractivity contribution in [1.82, 2.24) is 10.1 Å². The second-order valence-corrected chi connectivity index (χ2v) is 5.29. The summed E-state index contributed by atoms with van der Waals surface area (Å²) in [5.74, 6) is 0. The van der Waals surface area contributed by atoms with Crippen molar-refractivity contribution in [3.05, 3.63) is 45.6 Å². The minimum atomic E-state index is -2.66. The number of aryl methyl sites for hydroxylation is 1. The first-order valence-electron chi connectivity index (χ1n) is 5.98. The van der Waals surface area contributed by atoms with Crippen molar-refractivity contribution in [2.45, 2.75) is 13.3 Å². The molecule has 108 valence electrons. The van der Waals surface area contributed by atoms with Crippen molar-refractivity contribution >= 4 is 34.3 Å². The zero-order valence-electron chi connectivity index (χ0n) is 10.7. The zero-order chi connectivity index (χ0) is 15.1. The van der Waals surface area contributed by atoms with Crippen LogP contribution in [0.1, 0.15) is 17.7 Å². The number of halogens is 4. The van der Waals surface area contributed by atoms with Crippen LogP contribution in [-0.4, -0.2) is 10.1 Å². The molecule has 0 aliphatic carbocycles. The van der Waals surface area contributed by atoms with Gasteiger partial charge in [0.05, 0.1) is 26.8 Å². The van der Waals surface area contributed by atoms with E-state index in [1.54, 1.807) is 25.1 Å². The highest BCUT2D eigenvalue weighted by Crippen LogP contribution is 2.34. The van der Waals surface area contributed by atoms with Crippen LogP contribution in [0.5, 0.6) is 0 Å². The van der Waals surface area contributed by atoms with Gasteiger partial charge in [0.1, 0.15) is 0 Å². The molecule has 0 saturated carbocycles. The predicted molar refractivity (Wildman–Crippen MR) is 77.0 cm³/mol. The van der Waals surface area contributed by atoms with Crippen LogP contribution in [0.2, 0.25) is 10.0 Å². The van der Waals surface area contributed by atoms with Gasteiger partial charge in [-0.2, -0.15) is 0 Å². The summed E-state index contributed by atoms with van der Waals surface area (Å²) in [6, 6.07) is 6.12. The van der Waals surface area contributed by atoms with Gasteiger partial charge in [0, 0.05) is 11.1 Å². The van der Waals surface area contributed by atoms with Crippen LogP contribution in [0.4, 0.5) is 8.78 Å². The molecule has 0 N–H and O–H groups in total. The van der Waals surface area contributed by atoms with E-state index in [4.69, 9.17) is 27.7 Å². The van der Waals surface area contributed by atoms with E-state index in [0.717, 1.165) is 0 Å². The van der Waals surface area contributed by atoms with Crippen molar-refractivity contribution < 1.29 is 13.3 Å². The van der Waals surface area contributed by atoms with Crippen molar-refractivity contribution in [3.63, 3.8) is 0 Å². The van der Waals surface area contributed by atoms with Crippen molar-refractivity contribution in [1.29, 1.82) is 0 Å². The maximum atomic E-state index is 13.2. The van der Waals surface area contributed by atoms with Crippen LogP contribution >= 0.6 is 23.2 Å². The van der Waals surface area contributed by atoms with Crippen LogP contribution in [0.25, 0.3) is 22.4 Å². The molecule has 0 bridgehead atoms. The second-order valence-electron chi connectivity index (χ2n) is 4.47. The van der Waals surface area contributed by atoms with Gasteiger partial charge in [0.2, 0.25) is 0 Å². The molecule has 2 heterocycles. The van der Waals surface area contributed by atoms with Crippen LogP contribution in [0.15, 0.2) is 28.8 Å². The molecule has 0 unspecified atom stereocenters. The fourth-order valence-corrected chi connectivity index (χ4v) is 2.40. The van der Waals surface area contributed by atoms with Gasteiger partial charge >= 0.3 is 0 Å². The highest BCUT2D eigenvalue weighted by molar-refractivity contribution is 6.42. The Morgan fingerprint density at radius 1 is 1.14 bits per heavy atom. The molecule has 0 aliphatic rings. The van der Waals surface area contributed by atoms with Crippen molar-refractivity contribution in [2.24, 2.45) is 0 Å². The number of nitrogens with zero attached hydrogens (tertiary/aromatic N) is 2. The van der Waals surface area contributed by atoms with Gasteiger partial charge in [-0.1, -0.05) is 34.4 Å². The molecule has 21 heavy (non-hydrogen) atoms. The number of aromatic nitrogens is 2. The molecule has 0 radical (unpaired) electrons. The number of pyridine rings is 1. The fraction of sp³-hybridized carbons (Fsp3) is 0.143. The topological polar surface area (TPSA) is 38.9 Å². The van der Waals surface area contributed by atoms with Crippen LogP contribution in [-0.2, 0) is 0 Å². The quantitative estimate of drug-likeness (QED) is 0.628. The molecule has 0 fully saturated rings. The molecular formula is C14H8Cl2F2N2O. The van der Waals surface area contributed by atoms with Crippen LogP contribution in [0.3, 0.4) is 0 Å². The Labute approximate surface area is 128 Å². The summed E-state index contributed by atoms with van der Waals surface area (Å²) in [6.07, 6.45) is -2.66. The van der Waals surface area contributed by atoms with Gasteiger partial charge in [-0.05, 0) is 25.1 Å². The number of hydrogen-bond donors (Lipinski definition) is 0. The second kappa shape index (κ2) is 5.24. The molecule has 3 rings (SSSR count). The summed E-state index contributed by atoms with van der Waals surface area (Å²) in [4.78, 5) is 4.22. The molecule has 0 atom stereocenters. The SMILES string of the molecule is Cc1noc2nc(-c3ccc(Cl)c(Cl)c3)cc(C(F)F)c12. The van der Waals surface area contributed by atoms with Gasteiger partial charge in [-0.25, -0.2) is 13.8 Å². The number of hydrogen-bond acceptors (Lipinski definition) is 3. The number of alkyl halides is 2. The van der Waals surface area contributed by atoms with Crippen LogP contribution < -0.4 is 0 Å². The lowest BCUT2D eigenvalue weighted by Crippen LogP contribution is -1.92. The van der Waals surface area contributed by atoms with E-state index in [1.807, 2.05) is 0 Å². The van der Waals surface area contributed by atoms with E-state index in [-0.39, 0.29) is 16.7 Å². The lowest BCUT2D eigenvalue weighted by atomic mass is 10.1. The molecule has 0 saturated heterocycles. The molecule has 0 aliphatic heterocycles. The molecule has 0 amide bonds. The summed E-state index contributed by atoms with van der Waals surface area (Å²) in [7, 11) is 0. The summed E-state index contributed by atoms with van der Waals surface area (Å²) < 4.78 is 31.5. The minimum Gasteiger partial charge on any atom is -0.336 e. The largest absolute Gasteiger partial charge is 0.336 e. The molecule has 2 aromatic heterocycles. The summed E-state index contributed by atoms with van der Waals surface area (Å²) in [5, 5.41) is 4.63. The Kier molecular flexibility index (Phi) is 3.55.